The van der Waals surface area contributed by atoms with Gasteiger partial charge in [-0.15, -0.1) is 0 Å². The first-order valence-corrected chi connectivity index (χ1v) is 8.84. The van der Waals surface area contributed by atoms with Gasteiger partial charge in [0, 0.05) is 5.39 Å². The van der Waals surface area contributed by atoms with E-state index in [0.29, 0.717) is 5.75 Å². The molecule has 0 aliphatic rings. The van der Waals surface area contributed by atoms with Gasteiger partial charge in [0.2, 0.25) is 11.2 Å². The fourth-order valence-corrected chi connectivity index (χ4v) is 3.29. The van der Waals surface area contributed by atoms with Crippen LogP contribution < -0.4 is 4.84 Å². The predicted molar refractivity (Wildman–Crippen MR) is 86.1 cm³/mol. The van der Waals surface area contributed by atoms with Gasteiger partial charge in [-0.1, -0.05) is 50.2 Å². The summed E-state index contributed by atoms with van der Waals surface area (Å²) in [6.45, 7) is 3.40. The molecule has 0 spiro atoms. The Balaban J connectivity index is 2.42. The Morgan fingerprint density at radius 2 is 1.86 bits per heavy atom. The third-order valence-corrected chi connectivity index (χ3v) is 4.31. The van der Waals surface area contributed by atoms with Gasteiger partial charge < -0.3 is 9.94 Å². The summed E-state index contributed by atoms with van der Waals surface area (Å²) in [5.74, 6) is -1.06. The van der Waals surface area contributed by atoms with Crippen molar-refractivity contribution in [1.29, 1.82) is 0 Å². The molecule has 116 valence electrons. The Labute approximate surface area is 134 Å². The van der Waals surface area contributed by atoms with Crippen LogP contribution in [0.4, 0.5) is 0 Å². The molecule has 2 rings (SSSR count). The smallest absolute Gasteiger partial charge is 0.480 e. The van der Waals surface area contributed by atoms with E-state index in [2.05, 4.69) is 0 Å². The average molecular weight is 341 g/mol. The molecule has 0 heterocycles. The van der Waals surface area contributed by atoms with E-state index in [4.69, 9.17) is 16.1 Å². The van der Waals surface area contributed by atoms with Crippen molar-refractivity contribution >= 4 is 35.3 Å². The summed E-state index contributed by atoms with van der Waals surface area (Å²) < 4.78 is 11.8. The second-order valence-electron chi connectivity index (χ2n) is 5.12. The van der Waals surface area contributed by atoms with Gasteiger partial charge in [-0.2, -0.15) is 0 Å². The van der Waals surface area contributed by atoms with E-state index in [0.717, 1.165) is 15.6 Å². The Morgan fingerprint density at radius 1 is 1.23 bits per heavy atom. The zero-order valence-corrected chi connectivity index (χ0v) is 13.8. The fraction of sp³-hybridized carbons (Fsp3) is 0.267. The monoisotopic (exact) mass is 340 g/mol. The van der Waals surface area contributed by atoms with Gasteiger partial charge in [0.15, 0.2) is 11.8 Å². The SMILES string of the molecule is CC(C)C(C(=O)O)N(Oc1cccc2ccccc12)[P+](=O)Cl. The molecule has 5 nitrogen and oxygen atoms in total. The first-order chi connectivity index (χ1) is 10.4. The van der Waals surface area contributed by atoms with E-state index in [9.17, 15) is 14.5 Å². The lowest BCUT2D eigenvalue weighted by atomic mass is 10.1. The van der Waals surface area contributed by atoms with Crippen LogP contribution in [0.25, 0.3) is 10.8 Å². The molecule has 0 radical (unpaired) electrons. The van der Waals surface area contributed by atoms with E-state index in [1.165, 1.54) is 0 Å². The number of carboxylic acids is 1. The minimum Gasteiger partial charge on any atom is -0.480 e. The summed E-state index contributed by atoms with van der Waals surface area (Å²) in [6.07, 6.45) is 0. The number of nitrogens with zero attached hydrogens (tertiary/aromatic N) is 1. The normalized spacial score (nSPS) is 13.4. The lowest BCUT2D eigenvalue weighted by molar-refractivity contribution is -0.151. The van der Waals surface area contributed by atoms with Crippen LogP contribution in [-0.2, 0) is 9.36 Å². The second kappa shape index (κ2) is 7.05. The summed E-state index contributed by atoms with van der Waals surface area (Å²) in [7, 11) is -2.49. The van der Waals surface area contributed by atoms with Crippen molar-refractivity contribution in [2.75, 3.05) is 0 Å². The molecule has 0 saturated heterocycles. The molecular weight excluding hydrogens is 325 g/mol. The predicted octanol–water partition coefficient (Wildman–Crippen LogP) is 4.44. The average Bonchev–Trinajstić information content (AvgIpc) is 2.46. The number of fused-ring (bicyclic) bond motifs is 1. The molecule has 0 saturated carbocycles. The molecule has 0 aliphatic carbocycles. The first-order valence-electron chi connectivity index (χ1n) is 6.72. The largest absolute Gasteiger partial charge is 0.593 e. The van der Waals surface area contributed by atoms with E-state index < -0.39 is 19.3 Å². The Hall–Kier alpha value is -1.68. The standard InChI is InChI=1S/C15H15ClNO4P/c1-10(2)14(15(18)19)17(22(16)20)21-13-9-5-7-11-6-3-4-8-12(11)13/h3-10,14H,1-2H3/p+1. The minimum atomic E-state index is -2.49. The molecule has 0 bridgehead atoms. The number of aliphatic carboxylic acids is 1. The molecule has 1 N–H and O–H groups in total. The molecule has 0 aromatic heterocycles. The molecule has 2 unspecified atom stereocenters. The summed E-state index contributed by atoms with van der Waals surface area (Å²) in [5.41, 5.74) is 0. The maximum absolute atomic E-state index is 11.8. The van der Waals surface area contributed by atoms with Crippen LogP contribution in [0.15, 0.2) is 42.5 Å². The quantitative estimate of drug-likeness (QED) is 0.622. The first kappa shape index (κ1) is 16.7. The highest BCUT2D eigenvalue weighted by Crippen LogP contribution is 2.39. The van der Waals surface area contributed by atoms with Crippen molar-refractivity contribution in [3.05, 3.63) is 42.5 Å². The van der Waals surface area contributed by atoms with Crippen molar-refractivity contribution in [1.82, 2.24) is 4.83 Å². The van der Waals surface area contributed by atoms with Crippen LogP contribution in [0.2, 0.25) is 0 Å². The lowest BCUT2D eigenvalue weighted by Crippen LogP contribution is -2.42. The van der Waals surface area contributed by atoms with E-state index in [1.54, 1.807) is 26.0 Å². The highest BCUT2D eigenvalue weighted by molar-refractivity contribution is 7.71. The second-order valence-corrected chi connectivity index (χ2v) is 6.84. The van der Waals surface area contributed by atoms with Crippen LogP contribution in [0.3, 0.4) is 0 Å². The summed E-state index contributed by atoms with van der Waals surface area (Å²) >= 11 is 5.67. The maximum Gasteiger partial charge on any atom is 0.593 e. The van der Waals surface area contributed by atoms with Gasteiger partial charge in [-0.05, 0) is 21.9 Å². The molecule has 2 aromatic carbocycles. The molecule has 2 atom stereocenters. The zero-order valence-electron chi connectivity index (χ0n) is 12.1. The molecular formula is C15H16ClNO4P+. The van der Waals surface area contributed by atoms with Gasteiger partial charge in [-0.3, -0.25) is 4.79 Å². The van der Waals surface area contributed by atoms with E-state index in [-0.39, 0.29) is 5.92 Å². The van der Waals surface area contributed by atoms with Gasteiger partial charge in [-0.25, -0.2) is 0 Å². The number of halogens is 1. The summed E-state index contributed by atoms with van der Waals surface area (Å²) in [4.78, 5) is 17.9. The Kier molecular flexibility index (Phi) is 5.35. The van der Waals surface area contributed by atoms with Crippen molar-refractivity contribution in [3.63, 3.8) is 0 Å². The van der Waals surface area contributed by atoms with Crippen LogP contribution in [-0.4, -0.2) is 22.0 Å². The minimum absolute atomic E-state index is 0.329. The van der Waals surface area contributed by atoms with E-state index >= 15 is 0 Å². The zero-order chi connectivity index (χ0) is 16.3. The highest BCUT2D eigenvalue weighted by atomic mass is 35.7. The number of hydrogen-bond acceptors (Lipinski definition) is 3. The Morgan fingerprint density at radius 3 is 2.45 bits per heavy atom. The van der Waals surface area contributed by atoms with Crippen molar-refractivity contribution in [3.8, 4) is 5.75 Å². The van der Waals surface area contributed by atoms with Crippen molar-refractivity contribution in [2.24, 2.45) is 5.92 Å². The fourth-order valence-electron chi connectivity index (χ4n) is 2.20. The van der Waals surface area contributed by atoms with Crippen LogP contribution >= 0.6 is 18.5 Å². The number of hydrogen-bond donors (Lipinski definition) is 1. The molecule has 7 heteroatoms. The van der Waals surface area contributed by atoms with Crippen LogP contribution in [0, 0.1) is 5.92 Å². The molecule has 0 fully saturated rings. The number of carbonyl (C=O) groups is 1. The van der Waals surface area contributed by atoms with Crippen molar-refractivity contribution < 1.29 is 19.3 Å². The van der Waals surface area contributed by atoms with Gasteiger partial charge >= 0.3 is 13.3 Å². The molecule has 0 amide bonds. The van der Waals surface area contributed by atoms with Gasteiger partial charge in [0.1, 0.15) is 4.83 Å². The number of benzene rings is 2. The van der Waals surface area contributed by atoms with Gasteiger partial charge in [0.25, 0.3) is 0 Å². The molecule has 22 heavy (non-hydrogen) atoms. The number of carboxylic acid groups (broad SMARTS) is 1. The van der Waals surface area contributed by atoms with Crippen LogP contribution in [0.5, 0.6) is 5.75 Å². The number of hydroxylamine groups is 1. The molecule has 0 aliphatic heterocycles. The van der Waals surface area contributed by atoms with Crippen LogP contribution in [0.1, 0.15) is 13.8 Å². The number of rotatable bonds is 6. The maximum atomic E-state index is 11.8. The lowest BCUT2D eigenvalue weighted by Gasteiger charge is -2.20. The third kappa shape index (κ3) is 3.55. The van der Waals surface area contributed by atoms with Gasteiger partial charge in [0.05, 0.1) is 0 Å². The van der Waals surface area contributed by atoms with Crippen molar-refractivity contribution in [2.45, 2.75) is 19.9 Å². The molecule has 2 aromatic rings. The third-order valence-electron chi connectivity index (χ3n) is 3.22. The highest BCUT2D eigenvalue weighted by Gasteiger charge is 2.44. The topological polar surface area (TPSA) is 66.8 Å². The summed E-state index contributed by atoms with van der Waals surface area (Å²) in [5, 5.41) is 11.1. The summed E-state index contributed by atoms with van der Waals surface area (Å²) in [6, 6.07) is 11.7. The Bertz CT molecular complexity index is 702. The van der Waals surface area contributed by atoms with E-state index in [1.807, 2.05) is 30.3 Å².